The summed E-state index contributed by atoms with van der Waals surface area (Å²) in [5.41, 5.74) is 2.75. The molecule has 29 heavy (non-hydrogen) atoms. The predicted octanol–water partition coefficient (Wildman–Crippen LogP) is 2.38. The van der Waals surface area contributed by atoms with Gasteiger partial charge in [0.25, 0.3) is 0 Å². The van der Waals surface area contributed by atoms with Gasteiger partial charge in [-0.1, -0.05) is 24.3 Å². The van der Waals surface area contributed by atoms with Crippen LogP contribution in [0.3, 0.4) is 0 Å². The zero-order valence-corrected chi connectivity index (χ0v) is 17.2. The Hall–Kier alpha value is -3.22. The summed E-state index contributed by atoms with van der Waals surface area (Å²) in [6.45, 7) is 4.18. The molecular weight excluding hydrogens is 368 g/mol. The summed E-state index contributed by atoms with van der Waals surface area (Å²) in [7, 11) is 4.89. The molecule has 0 spiro atoms. The molecule has 2 aromatic carbocycles. The van der Waals surface area contributed by atoms with E-state index in [9.17, 15) is 4.79 Å². The standard InChI is InChI=1S/C22H28N4O3/c1-23-22(24-16-17-8-10-18(11-9-17)21(27)29-3)26-14-12-25(13-15-26)19-6-4-5-7-20(19)28-2/h4-11H,12-16H2,1-3H3,(H,23,24). The number of methoxy groups -OCH3 is 2. The molecule has 1 saturated heterocycles. The van der Waals surface area contributed by atoms with E-state index in [2.05, 4.69) is 26.2 Å². The second-order valence-corrected chi connectivity index (χ2v) is 6.74. The van der Waals surface area contributed by atoms with E-state index in [-0.39, 0.29) is 5.97 Å². The van der Waals surface area contributed by atoms with Crippen LogP contribution in [0.2, 0.25) is 0 Å². The Kier molecular flexibility index (Phi) is 6.94. The molecule has 7 heteroatoms. The zero-order valence-electron chi connectivity index (χ0n) is 17.2. The van der Waals surface area contributed by atoms with Gasteiger partial charge in [0.05, 0.1) is 25.5 Å². The molecule has 0 aliphatic carbocycles. The molecule has 3 rings (SSSR count). The lowest BCUT2D eigenvalue weighted by Crippen LogP contribution is -2.52. The Balaban J connectivity index is 1.55. The molecule has 0 radical (unpaired) electrons. The normalized spacial score (nSPS) is 14.5. The van der Waals surface area contributed by atoms with Crippen molar-refractivity contribution in [1.82, 2.24) is 10.2 Å². The summed E-state index contributed by atoms with van der Waals surface area (Å²) < 4.78 is 10.2. The molecule has 0 amide bonds. The molecular formula is C22H28N4O3. The van der Waals surface area contributed by atoms with E-state index >= 15 is 0 Å². The van der Waals surface area contributed by atoms with Gasteiger partial charge in [0.2, 0.25) is 0 Å². The minimum atomic E-state index is -0.326. The van der Waals surface area contributed by atoms with Gasteiger partial charge in [0.15, 0.2) is 5.96 Å². The number of hydrogen-bond donors (Lipinski definition) is 1. The topological polar surface area (TPSA) is 66.4 Å². The van der Waals surface area contributed by atoms with Crippen molar-refractivity contribution in [3.63, 3.8) is 0 Å². The van der Waals surface area contributed by atoms with Crippen molar-refractivity contribution >= 4 is 17.6 Å². The lowest BCUT2D eigenvalue weighted by Gasteiger charge is -2.38. The molecule has 2 aromatic rings. The summed E-state index contributed by atoms with van der Waals surface area (Å²) in [5.74, 6) is 1.45. The number of carbonyl (C=O) groups is 1. The Bertz CT molecular complexity index is 843. The number of ether oxygens (including phenoxy) is 2. The van der Waals surface area contributed by atoms with Crippen molar-refractivity contribution in [2.24, 2.45) is 4.99 Å². The number of nitrogens with zero attached hydrogens (tertiary/aromatic N) is 3. The van der Waals surface area contributed by atoms with Crippen LogP contribution in [-0.2, 0) is 11.3 Å². The second kappa shape index (κ2) is 9.82. The SMILES string of the molecule is CN=C(NCc1ccc(C(=O)OC)cc1)N1CCN(c2ccccc2OC)CC1. The Morgan fingerprint density at radius 1 is 1.03 bits per heavy atom. The fourth-order valence-corrected chi connectivity index (χ4v) is 3.44. The third-order valence-corrected chi connectivity index (χ3v) is 5.04. The minimum Gasteiger partial charge on any atom is -0.495 e. The average molecular weight is 396 g/mol. The molecule has 1 fully saturated rings. The van der Waals surface area contributed by atoms with Crippen LogP contribution >= 0.6 is 0 Å². The van der Waals surface area contributed by atoms with Crippen molar-refractivity contribution in [3.8, 4) is 5.75 Å². The van der Waals surface area contributed by atoms with Crippen LogP contribution in [0.5, 0.6) is 5.75 Å². The number of anilines is 1. The van der Waals surface area contributed by atoms with Crippen molar-refractivity contribution in [2.45, 2.75) is 6.54 Å². The summed E-state index contributed by atoms with van der Waals surface area (Å²) in [6.07, 6.45) is 0. The molecule has 0 unspecified atom stereocenters. The lowest BCUT2D eigenvalue weighted by molar-refractivity contribution is 0.0600. The van der Waals surface area contributed by atoms with E-state index in [1.807, 2.05) is 30.3 Å². The van der Waals surface area contributed by atoms with Crippen LogP contribution in [0, 0.1) is 0 Å². The number of rotatable bonds is 5. The largest absolute Gasteiger partial charge is 0.495 e. The summed E-state index contributed by atoms with van der Waals surface area (Å²) >= 11 is 0. The fraction of sp³-hybridized carbons (Fsp3) is 0.364. The fourth-order valence-electron chi connectivity index (χ4n) is 3.44. The molecule has 0 atom stereocenters. The van der Waals surface area contributed by atoms with Crippen LogP contribution in [0.1, 0.15) is 15.9 Å². The molecule has 7 nitrogen and oxygen atoms in total. The highest BCUT2D eigenvalue weighted by Gasteiger charge is 2.21. The zero-order chi connectivity index (χ0) is 20.6. The molecule has 154 valence electrons. The quantitative estimate of drug-likeness (QED) is 0.476. The van der Waals surface area contributed by atoms with Crippen LogP contribution in [0.25, 0.3) is 0 Å². The maximum Gasteiger partial charge on any atom is 0.337 e. The van der Waals surface area contributed by atoms with Crippen molar-refractivity contribution in [3.05, 3.63) is 59.7 Å². The third kappa shape index (κ3) is 4.99. The summed E-state index contributed by atoms with van der Waals surface area (Å²) in [4.78, 5) is 20.6. The van der Waals surface area contributed by atoms with Crippen LogP contribution in [0.15, 0.2) is 53.5 Å². The van der Waals surface area contributed by atoms with Gasteiger partial charge in [-0.15, -0.1) is 0 Å². The maximum atomic E-state index is 11.5. The highest BCUT2D eigenvalue weighted by Crippen LogP contribution is 2.28. The molecule has 1 N–H and O–H groups in total. The molecule has 1 heterocycles. The number of esters is 1. The van der Waals surface area contributed by atoms with Gasteiger partial charge < -0.3 is 24.6 Å². The molecule has 1 aliphatic heterocycles. The van der Waals surface area contributed by atoms with Crippen LogP contribution in [0.4, 0.5) is 5.69 Å². The monoisotopic (exact) mass is 396 g/mol. The first-order valence-electron chi connectivity index (χ1n) is 9.67. The third-order valence-electron chi connectivity index (χ3n) is 5.04. The van der Waals surface area contributed by atoms with Gasteiger partial charge in [-0.05, 0) is 29.8 Å². The van der Waals surface area contributed by atoms with E-state index in [1.165, 1.54) is 7.11 Å². The Morgan fingerprint density at radius 2 is 1.72 bits per heavy atom. The van der Waals surface area contributed by atoms with Crippen molar-refractivity contribution in [1.29, 1.82) is 0 Å². The summed E-state index contributed by atoms with van der Waals surface area (Å²) in [5, 5.41) is 3.41. The first kappa shape index (κ1) is 20.5. The maximum absolute atomic E-state index is 11.5. The van der Waals surface area contributed by atoms with Crippen molar-refractivity contribution < 1.29 is 14.3 Å². The van der Waals surface area contributed by atoms with Gasteiger partial charge in [0, 0.05) is 39.8 Å². The van der Waals surface area contributed by atoms with E-state index < -0.39 is 0 Å². The molecule has 1 aliphatic rings. The van der Waals surface area contributed by atoms with Crippen LogP contribution < -0.4 is 15.0 Å². The number of nitrogens with one attached hydrogen (secondary N) is 1. The number of hydrogen-bond acceptors (Lipinski definition) is 5. The number of piperazine rings is 1. The van der Waals surface area contributed by atoms with Gasteiger partial charge in [-0.25, -0.2) is 4.79 Å². The first-order chi connectivity index (χ1) is 14.2. The van der Waals surface area contributed by atoms with Gasteiger partial charge in [-0.2, -0.15) is 0 Å². The number of guanidine groups is 1. The van der Waals surface area contributed by atoms with E-state index in [0.717, 1.165) is 49.1 Å². The van der Waals surface area contributed by atoms with Gasteiger partial charge in [0.1, 0.15) is 5.75 Å². The second-order valence-electron chi connectivity index (χ2n) is 6.74. The number of para-hydroxylation sites is 2. The smallest absolute Gasteiger partial charge is 0.337 e. The van der Waals surface area contributed by atoms with E-state index in [0.29, 0.717) is 12.1 Å². The van der Waals surface area contributed by atoms with Crippen LogP contribution in [-0.4, -0.2) is 64.3 Å². The van der Waals surface area contributed by atoms with Gasteiger partial charge >= 0.3 is 5.97 Å². The van der Waals surface area contributed by atoms with E-state index in [4.69, 9.17) is 9.47 Å². The Morgan fingerprint density at radius 3 is 2.34 bits per heavy atom. The van der Waals surface area contributed by atoms with Gasteiger partial charge in [-0.3, -0.25) is 4.99 Å². The summed E-state index contributed by atoms with van der Waals surface area (Å²) in [6, 6.07) is 15.5. The molecule has 0 aromatic heterocycles. The number of aliphatic imine (C=N–C) groups is 1. The predicted molar refractivity (Wildman–Crippen MR) is 115 cm³/mol. The number of benzene rings is 2. The lowest BCUT2D eigenvalue weighted by atomic mass is 10.1. The average Bonchev–Trinajstić information content (AvgIpc) is 2.79. The first-order valence-corrected chi connectivity index (χ1v) is 9.67. The Labute approximate surface area is 171 Å². The van der Waals surface area contributed by atoms with Crippen molar-refractivity contribution in [2.75, 3.05) is 52.3 Å². The number of carbonyl (C=O) groups excluding carboxylic acids is 1. The molecule has 0 bridgehead atoms. The minimum absolute atomic E-state index is 0.326. The highest BCUT2D eigenvalue weighted by molar-refractivity contribution is 5.89. The highest BCUT2D eigenvalue weighted by atomic mass is 16.5. The molecule has 0 saturated carbocycles. The van der Waals surface area contributed by atoms with E-state index in [1.54, 1.807) is 26.3 Å².